The van der Waals surface area contributed by atoms with Crippen molar-refractivity contribution in [3.8, 4) is 5.75 Å². The lowest BCUT2D eigenvalue weighted by Gasteiger charge is -2.32. The highest BCUT2D eigenvalue weighted by molar-refractivity contribution is 5.37. The molecule has 0 radical (unpaired) electrons. The van der Waals surface area contributed by atoms with Crippen LogP contribution >= 0.6 is 0 Å². The molecule has 1 aromatic carbocycles. The number of hydrogen-bond donors (Lipinski definition) is 1. The van der Waals surface area contributed by atoms with E-state index in [4.69, 9.17) is 9.47 Å². The lowest BCUT2D eigenvalue weighted by atomic mass is 9.87. The highest BCUT2D eigenvalue weighted by Crippen LogP contribution is 2.36. The van der Waals surface area contributed by atoms with E-state index in [-0.39, 0.29) is 0 Å². The summed E-state index contributed by atoms with van der Waals surface area (Å²) in [5.41, 5.74) is 2.46. The van der Waals surface area contributed by atoms with E-state index in [0.29, 0.717) is 19.0 Å². The Morgan fingerprint density at radius 2 is 1.93 bits per heavy atom. The number of hydrogen-bond acceptors (Lipinski definition) is 3. The minimum atomic E-state index is -0.402. The van der Waals surface area contributed by atoms with Gasteiger partial charge in [-0.15, -0.1) is 0 Å². The number of phenolic OH excluding ortho intramolecular Hbond substituents is 1. The molecule has 2 aliphatic rings. The lowest BCUT2D eigenvalue weighted by Crippen LogP contribution is -2.36. The molecule has 0 unspecified atom stereocenters. The molecule has 1 aromatic rings. The van der Waals surface area contributed by atoms with Gasteiger partial charge in [-0.1, -0.05) is 6.07 Å². The van der Waals surface area contributed by atoms with Crippen LogP contribution < -0.4 is 0 Å². The molecule has 1 heterocycles. The minimum absolute atomic E-state index is 0.323. The number of aryl methyl sites for hydroxylation is 1. The molecule has 1 N–H and O–H groups in total. The van der Waals surface area contributed by atoms with Gasteiger partial charge in [0.1, 0.15) is 5.75 Å². The van der Waals surface area contributed by atoms with E-state index in [1.165, 1.54) is 5.56 Å². The third-order valence-corrected chi connectivity index (χ3v) is 3.24. The zero-order valence-electron chi connectivity index (χ0n) is 8.53. The molecule has 1 aliphatic heterocycles. The molecule has 80 valence electrons. The normalized spacial score (nSPS) is 22.9. The Kier molecular flexibility index (Phi) is 1.97. The predicted octanol–water partition coefficient (Wildman–Crippen LogP) is 1.62. The quantitative estimate of drug-likeness (QED) is 0.701. The first-order valence-electron chi connectivity index (χ1n) is 5.36. The molecular formula is C12H14O3. The Labute approximate surface area is 88.6 Å². The summed E-state index contributed by atoms with van der Waals surface area (Å²) in [5, 5.41) is 9.44. The third-order valence-electron chi connectivity index (χ3n) is 3.24. The summed E-state index contributed by atoms with van der Waals surface area (Å²) in [5.74, 6) is -0.0790. The van der Waals surface area contributed by atoms with E-state index in [2.05, 4.69) is 0 Å². The fourth-order valence-electron chi connectivity index (χ4n) is 2.47. The van der Waals surface area contributed by atoms with Crippen LogP contribution in [0.15, 0.2) is 18.2 Å². The van der Waals surface area contributed by atoms with Crippen molar-refractivity contribution in [1.82, 2.24) is 0 Å². The van der Waals surface area contributed by atoms with Gasteiger partial charge < -0.3 is 14.6 Å². The monoisotopic (exact) mass is 206 g/mol. The summed E-state index contributed by atoms with van der Waals surface area (Å²) >= 11 is 0. The highest BCUT2D eigenvalue weighted by atomic mass is 16.7. The first kappa shape index (κ1) is 9.19. The molecule has 3 nitrogen and oxygen atoms in total. The Morgan fingerprint density at radius 1 is 1.13 bits per heavy atom. The summed E-state index contributed by atoms with van der Waals surface area (Å²) in [6, 6.07) is 5.56. The van der Waals surface area contributed by atoms with E-state index in [1.54, 1.807) is 6.07 Å². The van der Waals surface area contributed by atoms with Crippen LogP contribution in [0.3, 0.4) is 0 Å². The number of ether oxygens (including phenoxy) is 2. The molecule has 1 saturated heterocycles. The van der Waals surface area contributed by atoms with Gasteiger partial charge in [-0.25, -0.2) is 0 Å². The number of benzene rings is 1. The maximum absolute atomic E-state index is 9.44. The maximum atomic E-state index is 9.44. The second-order valence-corrected chi connectivity index (χ2v) is 4.24. The smallest absolute Gasteiger partial charge is 0.172 e. The molecular weight excluding hydrogens is 192 g/mol. The summed E-state index contributed by atoms with van der Waals surface area (Å²) in [6.07, 6.45) is 2.65. The van der Waals surface area contributed by atoms with Crippen molar-refractivity contribution in [1.29, 1.82) is 0 Å². The molecule has 0 amide bonds. The van der Waals surface area contributed by atoms with Gasteiger partial charge in [-0.3, -0.25) is 0 Å². The van der Waals surface area contributed by atoms with E-state index < -0.39 is 5.79 Å². The molecule has 0 aromatic heterocycles. The second kappa shape index (κ2) is 3.22. The van der Waals surface area contributed by atoms with Crippen molar-refractivity contribution >= 4 is 0 Å². The van der Waals surface area contributed by atoms with Crippen molar-refractivity contribution in [3.05, 3.63) is 29.3 Å². The molecule has 1 fully saturated rings. The molecule has 0 atom stereocenters. The van der Waals surface area contributed by atoms with Crippen LogP contribution in [0.1, 0.15) is 17.5 Å². The van der Waals surface area contributed by atoms with Crippen molar-refractivity contribution in [2.75, 3.05) is 13.2 Å². The van der Waals surface area contributed by atoms with Crippen LogP contribution in [-0.2, 0) is 22.3 Å². The van der Waals surface area contributed by atoms with Crippen LogP contribution in [0.4, 0.5) is 0 Å². The molecule has 0 bridgehead atoms. The Morgan fingerprint density at radius 3 is 2.73 bits per heavy atom. The number of rotatable bonds is 0. The summed E-state index contributed by atoms with van der Waals surface area (Å²) in [6.45, 7) is 1.38. The third kappa shape index (κ3) is 1.52. The van der Waals surface area contributed by atoms with Crippen molar-refractivity contribution in [2.24, 2.45) is 0 Å². The molecule has 3 heteroatoms. The van der Waals surface area contributed by atoms with Gasteiger partial charge in [0.2, 0.25) is 0 Å². The van der Waals surface area contributed by atoms with Crippen LogP contribution in [0, 0.1) is 0 Å². The van der Waals surface area contributed by atoms with Crippen LogP contribution in [0.2, 0.25) is 0 Å². The topological polar surface area (TPSA) is 38.7 Å². The van der Waals surface area contributed by atoms with Crippen molar-refractivity contribution < 1.29 is 14.6 Å². The first-order valence-corrected chi connectivity index (χ1v) is 5.36. The van der Waals surface area contributed by atoms with Gasteiger partial charge in [-0.05, 0) is 29.7 Å². The Bertz CT molecular complexity index is 380. The van der Waals surface area contributed by atoms with E-state index in [9.17, 15) is 5.11 Å². The zero-order chi connectivity index (χ0) is 10.3. The predicted molar refractivity (Wildman–Crippen MR) is 54.8 cm³/mol. The van der Waals surface area contributed by atoms with E-state index >= 15 is 0 Å². The van der Waals surface area contributed by atoms with Crippen molar-refractivity contribution in [3.63, 3.8) is 0 Å². The largest absolute Gasteiger partial charge is 0.508 e. The van der Waals surface area contributed by atoms with Gasteiger partial charge >= 0.3 is 0 Å². The van der Waals surface area contributed by atoms with Gasteiger partial charge in [0.25, 0.3) is 0 Å². The average molecular weight is 206 g/mol. The fraction of sp³-hybridized carbons (Fsp3) is 0.500. The number of phenols is 1. The summed E-state index contributed by atoms with van der Waals surface area (Å²) in [7, 11) is 0. The standard InChI is InChI=1S/C12H14O3/c13-11-2-1-9-3-4-12(8-10(9)7-11)14-5-6-15-12/h1-2,7,13H,3-6,8H2. The van der Waals surface area contributed by atoms with Crippen molar-refractivity contribution in [2.45, 2.75) is 25.0 Å². The van der Waals surface area contributed by atoms with Crippen LogP contribution in [-0.4, -0.2) is 24.1 Å². The first-order chi connectivity index (χ1) is 7.27. The van der Waals surface area contributed by atoms with E-state index in [1.807, 2.05) is 12.1 Å². The van der Waals surface area contributed by atoms with Crippen LogP contribution in [0.25, 0.3) is 0 Å². The van der Waals surface area contributed by atoms with Gasteiger partial charge in [0.15, 0.2) is 5.79 Å². The Balaban J connectivity index is 1.94. The summed E-state index contributed by atoms with van der Waals surface area (Å²) < 4.78 is 11.3. The molecule has 1 aliphatic carbocycles. The molecule has 3 rings (SSSR count). The molecule has 15 heavy (non-hydrogen) atoms. The molecule has 1 spiro atoms. The van der Waals surface area contributed by atoms with Gasteiger partial charge in [-0.2, -0.15) is 0 Å². The minimum Gasteiger partial charge on any atom is -0.508 e. The Hall–Kier alpha value is -1.06. The summed E-state index contributed by atoms with van der Waals surface area (Å²) in [4.78, 5) is 0. The maximum Gasteiger partial charge on any atom is 0.172 e. The zero-order valence-corrected chi connectivity index (χ0v) is 8.53. The number of fused-ring (bicyclic) bond motifs is 1. The fourth-order valence-corrected chi connectivity index (χ4v) is 2.47. The highest BCUT2D eigenvalue weighted by Gasteiger charge is 2.39. The SMILES string of the molecule is Oc1ccc2c(c1)CC1(CC2)OCCO1. The molecule has 0 saturated carbocycles. The van der Waals surface area contributed by atoms with E-state index in [0.717, 1.165) is 24.8 Å². The average Bonchev–Trinajstić information content (AvgIpc) is 2.66. The van der Waals surface area contributed by atoms with Crippen LogP contribution in [0.5, 0.6) is 5.75 Å². The number of aromatic hydroxyl groups is 1. The lowest BCUT2D eigenvalue weighted by molar-refractivity contribution is -0.163. The van der Waals surface area contributed by atoms with Gasteiger partial charge in [0.05, 0.1) is 13.2 Å². The second-order valence-electron chi connectivity index (χ2n) is 4.24. The van der Waals surface area contributed by atoms with Gasteiger partial charge in [0, 0.05) is 12.8 Å².